The predicted octanol–water partition coefficient (Wildman–Crippen LogP) is 3.50. The SMILES string of the molecule is CCOC(=O)C1=C(C)N(Cc2ccc(Cl)cc2Cl)C2(O)C(OC)CC(=O)C3C(=O)N(c4ccccc4)C(=O)C132. The average molecular weight is 573 g/mol. The third kappa shape index (κ3) is 3.60. The van der Waals surface area contributed by atoms with Crippen molar-refractivity contribution in [1.29, 1.82) is 0 Å². The number of amides is 2. The minimum absolute atomic E-state index is 0.0377. The van der Waals surface area contributed by atoms with Gasteiger partial charge in [0, 0.05) is 35.8 Å². The van der Waals surface area contributed by atoms with Crippen molar-refractivity contribution in [2.45, 2.75) is 38.6 Å². The predicted molar refractivity (Wildman–Crippen MR) is 142 cm³/mol. The molecule has 0 radical (unpaired) electrons. The van der Waals surface area contributed by atoms with E-state index in [1.807, 2.05) is 0 Å². The number of ketones is 1. The number of anilines is 1. The molecule has 0 bridgehead atoms. The Balaban J connectivity index is 1.80. The van der Waals surface area contributed by atoms with E-state index in [0.29, 0.717) is 10.6 Å². The van der Waals surface area contributed by atoms with Crippen LogP contribution in [0.15, 0.2) is 59.8 Å². The first-order chi connectivity index (χ1) is 18.5. The molecular formula is C28H26Cl2N2O7. The van der Waals surface area contributed by atoms with Crippen molar-refractivity contribution >= 4 is 52.5 Å². The Hall–Kier alpha value is -3.24. The molecule has 1 saturated heterocycles. The highest BCUT2D eigenvalue weighted by Gasteiger charge is 2.83. The minimum atomic E-state index is -2.33. The van der Waals surface area contributed by atoms with Gasteiger partial charge in [-0.3, -0.25) is 14.4 Å². The second-order valence-electron chi connectivity index (χ2n) is 9.68. The van der Waals surface area contributed by atoms with Gasteiger partial charge in [0.2, 0.25) is 5.91 Å². The molecular weight excluding hydrogens is 547 g/mol. The van der Waals surface area contributed by atoms with Crippen LogP contribution in [0.1, 0.15) is 25.8 Å². The van der Waals surface area contributed by atoms with E-state index in [9.17, 15) is 24.3 Å². The normalized spacial score (nSPS) is 28.2. The number of Topliss-reactive ketones (excluding diaryl/α,β-unsaturated/α-hetero) is 1. The average Bonchev–Trinajstić information content (AvgIpc) is 3.25. The summed E-state index contributed by atoms with van der Waals surface area (Å²) in [5.41, 5.74) is -4.01. The lowest BCUT2D eigenvalue weighted by atomic mass is 9.58. The number of methoxy groups -OCH3 is 1. The summed E-state index contributed by atoms with van der Waals surface area (Å²) in [6.07, 6.45) is -1.64. The summed E-state index contributed by atoms with van der Waals surface area (Å²) < 4.78 is 11.0. The molecule has 9 nitrogen and oxygen atoms in total. The number of esters is 1. The molecule has 2 amide bonds. The summed E-state index contributed by atoms with van der Waals surface area (Å²) in [4.78, 5) is 58.0. The van der Waals surface area contributed by atoms with E-state index in [0.717, 1.165) is 4.90 Å². The Morgan fingerprint density at radius 1 is 1.13 bits per heavy atom. The zero-order valence-electron chi connectivity index (χ0n) is 21.4. The van der Waals surface area contributed by atoms with E-state index in [4.69, 9.17) is 32.7 Å². The Labute approximate surface area is 234 Å². The largest absolute Gasteiger partial charge is 0.463 e. The second-order valence-corrected chi connectivity index (χ2v) is 10.5. The summed E-state index contributed by atoms with van der Waals surface area (Å²) in [5, 5.41) is 13.4. The lowest BCUT2D eigenvalue weighted by Crippen LogP contribution is -2.71. The van der Waals surface area contributed by atoms with E-state index in [1.165, 1.54) is 25.0 Å². The van der Waals surface area contributed by atoms with Gasteiger partial charge in [-0.2, -0.15) is 0 Å². The van der Waals surface area contributed by atoms with Gasteiger partial charge in [0.25, 0.3) is 5.91 Å². The number of hydrogen-bond acceptors (Lipinski definition) is 8. The summed E-state index contributed by atoms with van der Waals surface area (Å²) in [7, 11) is 1.30. The molecule has 1 saturated carbocycles. The first-order valence-corrected chi connectivity index (χ1v) is 13.1. The number of rotatable bonds is 6. The lowest BCUT2D eigenvalue weighted by molar-refractivity contribution is -0.239. The highest BCUT2D eigenvalue weighted by Crippen LogP contribution is 2.64. The monoisotopic (exact) mass is 572 g/mol. The topological polar surface area (TPSA) is 113 Å². The van der Waals surface area contributed by atoms with Crippen LogP contribution >= 0.6 is 23.2 Å². The number of carbonyl (C=O) groups excluding carboxylic acids is 4. The molecule has 2 aliphatic heterocycles. The molecule has 0 aromatic heterocycles. The van der Waals surface area contributed by atoms with Crippen LogP contribution in [0.2, 0.25) is 10.0 Å². The first-order valence-electron chi connectivity index (χ1n) is 12.4. The Morgan fingerprint density at radius 2 is 1.82 bits per heavy atom. The third-order valence-electron chi connectivity index (χ3n) is 7.87. The van der Waals surface area contributed by atoms with Crippen molar-refractivity contribution in [3.8, 4) is 0 Å². The van der Waals surface area contributed by atoms with E-state index in [1.54, 1.807) is 49.4 Å². The molecule has 204 valence electrons. The van der Waals surface area contributed by atoms with E-state index >= 15 is 0 Å². The van der Waals surface area contributed by atoms with Crippen LogP contribution in [0.5, 0.6) is 0 Å². The van der Waals surface area contributed by atoms with Crippen molar-refractivity contribution in [3.63, 3.8) is 0 Å². The van der Waals surface area contributed by atoms with Crippen LogP contribution in [-0.4, -0.2) is 59.1 Å². The van der Waals surface area contributed by atoms with Crippen molar-refractivity contribution < 1.29 is 33.8 Å². The van der Waals surface area contributed by atoms with Gasteiger partial charge in [0.05, 0.1) is 17.9 Å². The molecule has 5 rings (SSSR count). The second kappa shape index (κ2) is 9.75. The van der Waals surface area contributed by atoms with E-state index < -0.39 is 46.7 Å². The van der Waals surface area contributed by atoms with Gasteiger partial charge in [-0.1, -0.05) is 47.5 Å². The number of aliphatic hydroxyl groups is 1. The van der Waals surface area contributed by atoms with Crippen molar-refractivity contribution in [2.24, 2.45) is 11.3 Å². The summed E-state index contributed by atoms with van der Waals surface area (Å²) in [5.74, 6) is -4.95. The lowest BCUT2D eigenvalue weighted by Gasteiger charge is -2.52. The number of halogens is 2. The van der Waals surface area contributed by atoms with Gasteiger partial charge in [-0.15, -0.1) is 0 Å². The molecule has 2 fully saturated rings. The first kappa shape index (κ1) is 27.3. The highest BCUT2D eigenvalue weighted by atomic mass is 35.5. The Morgan fingerprint density at radius 3 is 2.44 bits per heavy atom. The molecule has 2 aromatic carbocycles. The fourth-order valence-electron chi connectivity index (χ4n) is 6.30. The van der Waals surface area contributed by atoms with Gasteiger partial charge in [-0.05, 0) is 43.7 Å². The van der Waals surface area contributed by atoms with Crippen LogP contribution in [0.4, 0.5) is 5.69 Å². The summed E-state index contributed by atoms with van der Waals surface area (Å²) in [6, 6.07) is 12.9. The number of carbonyl (C=O) groups is 4. The van der Waals surface area contributed by atoms with Crippen LogP contribution in [0, 0.1) is 11.3 Å². The fraction of sp³-hybridized carbons (Fsp3) is 0.357. The van der Waals surface area contributed by atoms with Gasteiger partial charge >= 0.3 is 5.97 Å². The number of imide groups is 1. The molecule has 3 aliphatic rings. The maximum absolute atomic E-state index is 14.6. The number of hydrogen-bond donors (Lipinski definition) is 1. The van der Waals surface area contributed by atoms with Gasteiger partial charge < -0.3 is 19.5 Å². The Bertz CT molecular complexity index is 1430. The smallest absolute Gasteiger partial charge is 0.337 e. The van der Waals surface area contributed by atoms with Crippen molar-refractivity contribution in [2.75, 3.05) is 18.6 Å². The van der Waals surface area contributed by atoms with Gasteiger partial charge in [-0.25, -0.2) is 9.69 Å². The molecule has 4 unspecified atom stereocenters. The molecule has 2 heterocycles. The summed E-state index contributed by atoms with van der Waals surface area (Å²) in [6.45, 7) is 3.01. The fourth-order valence-corrected chi connectivity index (χ4v) is 6.77. The van der Waals surface area contributed by atoms with Crippen molar-refractivity contribution in [1.82, 2.24) is 4.90 Å². The quantitative estimate of drug-likeness (QED) is 0.318. The van der Waals surface area contributed by atoms with Crippen LogP contribution in [-0.2, 0) is 35.2 Å². The molecule has 1 aliphatic carbocycles. The molecule has 1 spiro atoms. The van der Waals surface area contributed by atoms with Crippen LogP contribution < -0.4 is 4.90 Å². The number of benzene rings is 2. The minimum Gasteiger partial charge on any atom is -0.463 e. The zero-order chi connectivity index (χ0) is 28.3. The zero-order valence-corrected chi connectivity index (χ0v) is 23.0. The summed E-state index contributed by atoms with van der Waals surface area (Å²) >= 11 is 12.5. The molecule has 1 N–H and O–H groups in total. The number of ether oxygens (including phenoxy) is 2. The molecule has 39 heavy (non-hydrogen) atoms. The standard InChI is InChI=1S/C28H26Cl2N2O7/c1-4-39-25(35)22-15(2)31(14-16-10-11-17(29)12-19(16)30)28(37)21(38-3)13-20(33)23-24(34)32(26(36)27(22,23)28)18-8-6-5-7-9-18/h5-12,21,23,37H,4,13-14H2,1-3H3. The van der Waals surface area contributed by atoms with Crippen LogP contribution in [0.25, 0.3) is 0 Å². The van der Waals surface area contributed by atoms with Crippen LogP contribution in [0.3, 0.4) is 0 Å². The van der Waals surface area contributed by atoms with Gasteiger partial charge in [0.1, 0.15) is 17.8 Å². The maximum atomic E-state index is 14.6. The molecule has 4 atom stereocenters. The van der Waals surface area contributed by atoms with E-state index in [-0.39, 0.29) is 41.6 Å². The molecule has 11 heteroatoms. The highest BCUT2D eigenvalue weighted by molar-refractivity contribution is 6.35. The Kier molecular flexibility index (Phi) is 6.83. The maximum Gasteiger partial charge on any atom is 0.337 e. The number of nitrogens with zero attached hydrogens (tertiary/aromatic N) is 2. The number of allylic oxidation sites excluding steroid dienone is 1. The third-order valence-corrected chi connectivity index (χ3v) is 8.46. The van der Waals surface area contributed by atoms with E-state index in [2.05, 4.69) is 0 Å². The number of para-hydroxylation sites is 1. The van der Waals surface area contributed by atoms with Gasteiger partial charge in [0.15, 0.2) is 11.1 Å². The van der Waals surface area contributed by atoms with Crippen molar-refractivity contribution in [3.05, 3.63) is 75.4 Å². The molecule has 2 aromatic rings.